The zero-order chi connectivity index (χ0) is 20.6. The lowest BCUT2D eigenvalue weighted by Gasteiger charge is -2.22. The molecular weight excluding hydrogens is 380 g/mol. The van der Waals surface area contributed by atoms with Crippen molar-refractivity contribution in [2.45, 2.75) is 0 Å². The normalized spacial score (nSPS) is 10.8. The molecule has 0 radical (unpaired) electrons. The van der Waals surface area contributed by atoms with E-state index >= 15 is 0 Å². The number of para-hydroxylation sites is 2. The average Bonchev–Trinajstić information content (AvgIpc) is 3.16. The number of anilines is 1. The number of amides is 2. The standard InChI is InChI=1S/C19H22N4O6/c1-26-9-11-28-18(24)21-23(19(25)29-12-10-27-2)17-8-7-14-13-20-15-5-3-4-6-16(15)22(14)17/h3-8,13H,9-12H2,1-2H3,(H,21,24). The highest BCUT2D eigenvalue weighted by Gasteiger charge is 2.24. The minimum atomic E-state index is -0.820. The Morgan fingerprint density at radius 3 is 2.48 bits per heavy atom. The van der Waals surface area contributed by atoms with Gasteiger partial charge in [0.1, 0.15) is 19.0 Å². The van der Waals surface area contributed by atoms with Gasteiger partial charge in [0, 0.05) is 14.2 Å². The fourth-order valence-corrected chi connectivity index (χ4v) is 2.69. The van der Waals surface area contributed by atoms with Crippen LogP contribution in [-0.2, 0) is 18.9 Å². The molecule has 0 unspecified atom stereocenters. The molecule has 2 amide bonds. The third-order valence-electron chi connectivity index (χ3n) is 4.00. The number of methoxy groups -OCH3 is 2. The van der Waals surface area contributed by atoms with Crippen molar-refractivity contribution in [3.8, 4) is 0 Å². The second-order valence-corrected chi connectivity index (χ2v) is 5.88. The van der Waals surface area contributed by atoms with Crippen LogP contribution < -0.4 is 10.4 Å². The fraction of sp³-hybridized carbons (Fsp3) is 0.316. The Hall–Kier alpha value is -3.37. The van der Waals surface area contributed by atoms with Gasteiger partial charge in [0.05, 0.1) is 36.0 Å². The second kappa shape index (κ2) is 9.71. The van der Waals surface area contributed by atoms with Crippen LogP contribution in [0.5, 0.6) is 0 Å². The highest BCUT2D eigenvalue weighted by atomic mass is 16.6. The van der Waals surface area contributed by atoms with Crippen LogP contribution >= 0.6 is 0 Å². The van der Waals surface area contributed by atoms with Crippen LogP contribution in [0.3, 0.4) is 0 Å². The molecule has 0 saturated heterocycles. The molecule has 1 N–H and O–H groups in total. The third-order valence-corrected chi connectivity index (χ3v) is 4.00. The predicted octanol–water partition coefficient (Wildman–Crippen LogP) is 2.36. The Balaban J connectivity index is 1.95. The quantitative estimate of drug-likeness (QED) is 0.478. The number of rotatable bonds is 7. The Kier molecular flexibility index (Phi) is 6.82. The summed E-state index contributed by atoms with van der Waals surface area (Å²) in [5, 5.41) is 0.990. The van der Waals surface area contributed by atoms with E-state index in [1.165, 1.54) is 14.2 Å². The van der Waals surface area contributed by atoms with E-state index < -0.39 is 12.2 Å². The van der Waals surface area contributed by atoms with Crippen molar-refractivity contribution in [1.29, 1.82) is 0 Å². The van der Waals surface area contributed by atoms with Crippen molar-refractivity contribution in [1.82, 2.24) is 14.8 Å². The molecule has 154 valence electrons. The van der Waals surface area contributed by atoms with Crippen LogP contribution in [-0.4, -0.2) is 62.2 Å². The molecule has 10 nitrogen and oxygen atoms in total. The smallest absolute Gasteiger partial charge is 0.435 e. The van der Waals surface area contributed by atoms with E-state index in [1.807, 2.05) is 24.3 Å². The molecule has 29 heavy (non-hydrogen) atoms. The van der Waals surface area contributed by atoms with Crippen molar-refractivity contribution in [3.05, 3.63) is 42.6 Å². The summed E-state index contributed by atoms with van der Waals surface area (Å²) in [7, 11) is 2.99. The molecular formula is C19H22N4O6. The van der Waals surface area contributed by atoms with Crippen molar-refractivity contribution < 1.29 is 28.5 Å². The second-order valence-electron chi connectivity index (χ2n) is 5.88. The number of aromatic nitrogens is 2. The number of carbonyl (C=O) groups excluding carboxylic acids is 2. The lowest BCUT2D eigenvalue weighted by molar-refractivity contribution is 0.0905. The largest absolute Gasteiger partial charge is 0.446 e. The van der Waals surface area contributed by atoms with Crippen molar-refractivity contribution in [2.24, 2.45) is 0 Å². The van der Waals surface area contributed by atoms with Gasteiger partial charge < -0.3 is 18.9 Å². The molecule has 2 heterocycles. The minimum Gasteiger partial charge on any atom is -0.446 e. The number of nitrogens with one attached hydrogen (secondary N) is 1. The predicted molar refractivity (Wildman–Crippen MR) is 105 cm³/mol. The molecule has 0 aliphatic heterocycles. The topological polar surface area (TPSA) is 104 Å². The molecule has 3 aromatic rings. The van der Waals surface area contributed by atoms with Crippen LogP contribution in [0, 0.1) is 0 Å². The number of fused-ring (bicyclic) bond motifs is 3. The van der Waals surface area contributed by atoms with Gasteiger partial charge in [-0.2, -0.15) is 5.01 Å². The van der Waals surface area contributed by atoms with E-state index in [2.05, 4.69) is 10.4 Å². The van der Waals surface area contributed by atoms with Crippen LogP contribution in [0.15, 0.2) is 42.6 Å². The Bertz CT molecular complexity index is 989. The average molecular weight is 402 g/mol. The maximum Gasteiger partial charge on any atom is 0.435 e. The van der Waals surface area contributed by atoms with Crippen LogP contribution in [0.25, 0.3) is 16.6 Å². The van der Waals surface area contributed by atoms with E-state index in [0.29, 0.717) is 5.82 Å². The summed E-state index contributed by atoms with van der Waals surface area (Å²) in [6.45, 7) is 0.518. The maximum absolute atomic E-state index is 12.7. The molecule has 10 heteroatoms. The summed E-state index contributed by atoms with van der Waals surface area (Å²) in [4.78, 5) is 29.3. The van der Waals surface area contributed by atoms with Crippen LogP contribution in [0.1, 0.15) is 0 Å². The summed E-state index contributed by atoms with van der Waals surface area (Å²) in [5.41, 5.74) is 4.65. The van der Waals surface area contributed by atoms with Crippen LogP contribution in [0.4, 0.5) is 15.4 Å². The zero-order valence-electron chi connectivity index (χ0n) is 16.2. The third kappa shape index (κ3) is 4.73. The van der Waals surface area contributed by atoms with E-state index in [4.69, 9.17) is 18.9 Å². The fourth-order valence-electron chi connectivity index (χ4n) is 2.69. The van der Waals surface area contributed by atoms with Crippen molar-refractivity contribution >= 4 is 34.6 Å². The molecule has 0 fully saturated rings. The van der Waals surface area contributed by atoms with Gasteiger partial charge in [-0.1, -0.05) is 12.1 Å². The number of benzene rings is 1. The highest BCUT2D eigenvalue weighted by Crippen LogP contribution is 2.24. The number of carbonyl (C=O) groups is 2. The summed E-state index contributed by atoms with van der Waals surface area (Å²) < 4.78 is 21.8. The number of hydrogen-bond donors (Lipinski definition) is 1. The van der Waals surface area contributed by atoms with Gasteiger partial charge >= 0.3 is 12.2 Å². The van der Waals surface area contributed by atoms with Crippen molar-refractivity contribution in [2.75, 3.05) is 45.7 Å². The first-order valence-electron chi connectivity index (χ1n) is 8.89. The first kappa shape index (κ1) is 20.4. The SMILES string of the molecule is COCCOC(=O)NN(C(=O)OCCOC)c1ccc2cnc3ccccc3n12. The van der Waals surface area contributed by atoms with E-state index in [0.717, 1.165) is 21.6 Å². The first-order valence-corrected chi connectivity index (χ1v) is 8.89. The summed E-state index contributed by atoms with van der Waals surface area (Å²) in [6, 6.07) is 10.9. The lowest BCUT2D eigenvalue weighted by Crippen LogP contribution is -2.48. The van der Waals surface area contributed by atoms with E-state index in [9.17, 15) is 9.59 Å². The van der Waals surface area contributed by atoms with Gasteiger partial charge in [-0.3, -0.25) is 9.38 Å². The minimum absolute atomic E-state index is 0.0256. The maximum atomic E-state index is 12.7. The summed E-state index contributed by atoms with van der Waals surface area (Å²) in [5.74, 6) is 0.365. The van der Waals surface area contributed by atoms with Crippen LogP contribution in [0.2, 0.25) is 0 Å². The monoisotopic (exact) mass is 402 g/mol. The van der Waals surface area contributed by atoms with E-state index in [1.54, 1.807) is 22.7 Å². The molecule has 0 saturated carbocycles. The van der Waals surface area contributed by atoms with Crippen molar-refractivity contribution in [3.63, 3.8) is 0 Å². The Morgan fingerprint density at radius 2 is 1.72 bits per heavy atom. The van der Waals surface area contributed by atoms with Gasteiger partial charge in [0.25, 0.3) is 0 Å². The molecule has 1 aromatic carbocycles. The van der Waals surface area contributed by atoms with Gasteiger partial charge in [0.2, 0.25) is 0 Å². The molecule has 0 atom stereocenters. The molecule has 0 bridgehead atoms. The van der Waals surface area contributed by atoms with Gasteiger partial charge in [0.15, 0.2) is 0 Å². The first-order chi connectivity index (χ1) is 14.2. The van der Waals surface area contributed by atoms with Gasteiger partial charge in [-0.05, 0) is 24.3 Å². The Morgan fingerprint density at radius 1 is 1.00 bits per heavy atom. The van der Waals surface area contributed by atoms with Gasteiger partial charge in [-0.15, -0.1) is 0 Å². The molecule has 3 rings (SSSR count). The van der Waals surface area contributed by atoms with Gasteiger partial charge in [-0.25, -0.2) is 15.0 Å². The summed E-state index contributed by atoms with van der Waals surface area (Å²) in [6.07, 6.45) is 0.0719. The summed E-state index contributed by atoms with van der Waals surface area (Å²) >= 11 is 0. The number of nitrogens with zero attached hydrogens (tertiary/aromatic N) is 3. The molecule has 0 aliphatic rings. The lowest BCUT2D eigenvalue weighted by atomic mass is 10.3. The number of hydrazine groups is 1. The zero-order valence-corrected chi connectivity index (χ0v) is 16.2. The number of ether oxygens (including phenoxy) is 4. The molecule has 2 aromatic heterocycles. The Labute approximate surface area is 166 Å². The number of hydrogen-bond acceptors (Lipinski definition) is 7. The molecule has 0 aliphatic carbocycles. The molecule has 0 spiro atoms. The highest BCUT2D eigenvalue weighted by molar-refractivity contribution is 5.92. The van der Waals surface area contributed by atoms with E-state index in [-0.39, 0.29) is 26.4 Å².